The van der Waals surface area contributed by atoms with Crippen molar-refractivity contribution < 1.29 is 30.4 Å². The van der Waals surface area contributed by atoms with E-state index in [1.54, 1.807) is 0 Å². The number of benzene rings is 2. The topological polar surface area (TPSA) is 40.6 Å². The van der Waals surface area contributed by atoms with Crippen molar-refractivity contribution in [2.24, 2.45) is 0 Å². The van der Waals surface area contributed by atoms with Gasteiger partial charge in [0.2, 0.25) is 10.0 Å². The number of nitrogens with zero attached hydrogens (tertiary/aromatic N) is 2. The standard InChI is InChI=1S/C19H19F5N2O2S/c20-16-6-7-18(17(21)12-16)29(27,28)26-9-1-8-25(10-11-26)13-14-2-4-15(5-3-14)19(22,23)24/h2-7,12H,1,8-11,13H2. The third-order valence-corrected chi connectivity index (χ3v) is 6.68. The Kier molecular flexibility index (Phi) is 6.25. The Morgan fingerprint density at radius 1 is 0.897 bits per heavy atom. The fourth-order valence-electron chi connectivity index (χ4n) is 3.23. The van der Waals surface area contributed by atoms with E-state index in [9.17, 15) is 30.4 Å². The summed E-state index contributed by atoms with van der Waals surface area (Å²) >= 11 is 0. The molecule has 0 spiro atoms. The zero-order chi connectivity index (χ0) is 21.2. The highest BCUT2D eigenvalue weighted by molar-refractivity contribution is 7.89. The van der Waals surface area contributed by atoms with Gasteiger partial charge >= 0.3 is 6.18 Å². The van der Waals surface area contributed by atoms with Gasteiger partial charge in [0.25, 0.3) is 0 Å². The van der Waals surface area contributed by atoms with Crippen molar-refractivity contribution in [3.8, 4) is 0 Å². The van der Waals surface area contributed by atoms with Gasteiger partial charge in [0, 0.05) is 32.2 Å². The molecule has 2 aromatic rings. The van der Waals surface area contributed by atoms with E-state index in [2.05, 4.69) is 0 Å². The summed E-state index contributed by atoms with van der Waals surface area (Å²) in [6, 6.07) is 7.16. The summed E-state index contributed by atoms with van der Waals surface area (Å²) in [5.74, 6) is -2.00. The molecule has 0 bridgehead atoms. The zero-order valence-electron chi connectivity index (χ0n) is 15.3. The molecule has 2 aromatic carbocycles. The van der Waals surface area contributed by atoms with Gasteiger partial charge in [-0.05, 0) is 42.8 Å². The third-order valence-electron chi connectivity index (χ3n) is 4.75. The maximum absolute atomic E-state index is 13.9. The molecule has 1 fully saturated rings. The summed E-state index contributed by atoms with van der Waals surface area (Å²) < 4.78 is 91.6. The number of alkyl halides is 3. The van der Waals surface area contributed by atoms with Crippen molar-refractivity contribution >= 4 is 10.0 Å². The van der Waals surface area contributed by atoms with Crippen molar-refractivity contribution in [3.05, 3.63) is 65.2 Å². The van der Waals surface area contributed by atoms with Crippen LogP contribution in [0.25, 0.3) is 0 Å². The molecule has 0 radical (unpaired) electrons. The van der Waals surface area contributed by atoms with E-state index in [-0.39, 0.29) is 13.1 Å². The summed E-state index contributed by atoms with van der Waals surface area (Å²) in [4.78, 5) is 1.36. The van der Waals surface area contributed by atoms with Crippen LogP contribution in [0.2, 0.25) is 0 Å². The third kappa shape index (κ3) is 5.12. The molecule has 4 nitrogen and oxygen atoms in total. The second-order valence-electron chi connectivity index (χ2n) is 6.80. The highest BCUT2D eigenvalue weighted by atomic mass is 32.2. The molecule has 158 valence electrons. The van der Waals surface area contributed by atoms with Crippen molar-refractivity contribution in [1.29, 1.82) is 0 Å². The number of hydrogen-bond acceptors (Lipinski definition) is 3. The largest absolute Gasteiger partial charge is 0.416 e. The predicted octanol–water partition coefficient (Wildman–Crippen LogP) is 3.88. The molecular weight excluding hydrogens is 415 g/mol. The summed E-state index contributed by atoms with van der Waals surface area (Å²) in [7, 11) is -4.11. The molecule has 1 aliphatic rings. The summed E-state index contributed by atoms with van der Waals surface area (Å²) in [6.45, 7) is 1.52. The lowest BCUT2D eigenvalue weighted by Crippen LogP contribution is -2.35. The summed E-state index contributed by atoms with van der Waals surface area (Å²) in [6.07, 6.45) is -3.92. The van der Waals surface area contributed by atoms with E-state index >= 15 is 0 Å². The van der Waals surface area contributed by atoms with E-state index < -0.39 is 38.3 Å². The van der Waals surface area contributed by atoms with E-state index in [0.717, 1.165) is 28.6 Å². The SMILES string of the molecule is O=S(=O)(c1ccc(F)cc1F)N1CCCN(Cc2ccc(C(F)(F)F)cc2)CC1. The second-order valence-corrected chi connectivity index (χ2v) is 8.71. The first-order valence-corrected chi connectivity index (χ1v) is 10.3. The average Bonchev–Trinajstić information content (AvgIpc) is 2.87. The smallest absolute Gasteiger partial charge is 0.298 e. The molecular formula is C19H19F5N2O2S. The van der Waals surface area contributed by atoms with E-state index in [1.165, 1.54) is 12.1 Å². The van der Waals surface area contributed by atoms with E-state index in [0.29, 0.717) is 37.7 Å². The molecule has 0 aliphatic carbocycles. The summed E-state index contributed by atoms with van der Waals surface area (Å²) in [5, 5.41) is 0. The second kappa shape index (κ2) is 8.37. The van der Waals surface area contributed by atoms with Crippen LogP contribution in [0.4, 0.5) is 22.0 Å². The van der Waals surface area contributed by atoms with Crippen molar-refractivity contribution in [2.75, 3.05) is 26.2 Å². The molecule has 29 heavy (non-hydrogen) atoms. The Bertz CT molecular complexity index is 962. The first kappa shape index (κ1) is 21.7. The maximum Gasteiger partial charge on any atom is 0.416 e. The lowest BCUT2D eigenvalue weighted by atomic mass is 10.1. The van der Waals surface area contributed by atoms with Crippen LogP contribution in [0.5, 0.6) is 0 Å². The lowest BCUT2D eigenvalue weighted by Gasteiger charge is -2.22. The number of rotatable bonds is 4. The van der Waals surface area contributed by atoms with Crippen LogP contribution in [0.15, 0.2) is 47.4 Å². The monoisotopic (exact) mass is 434 g/mol. The van der Waals surface area contributed by atoms with Crippen molar-refractivity contribution in [2.45, 2.75) is 24.0 Å². The minimum Gasteiger partial charge on any atom is -0.298 e. The fraction of sp³-hybridized carbons (Fsp3) is 0.368. The first-order chi connectivity index (χ1) is 13.6. The predicted molar refractivity (Wildman–Crippen MR) is 96.5 cm³/mol. The van der Waals surface area contributed by atoms with E-state index in [4.69, 9.17) is 0 Å². The minimum absolute atomic E-state index is 0.0970. The Morgan fingerprint density at radius 3 is 2.21 bits per heavy atom. The van der Waals surface area contributed by atoms with Gasteiger partial charge in [-0.15, -0.1) is 0 Å². The Hall–Kier alpha value is -2.04. The molecule has 10 heteroatoms. The van der Waals surface area contributed by atoms with Gasteiger partial charge in [0.15, 0.2) is 0 Å². The highest BCUT2D eigenvalue weighted by Crippen LogP contribution is 2.29. The summed E-state index contributed by atoms with van der Waals surface area (Å²) in [5.41, 5.74) is -0.0467. The molecule has 0 aromatic heterocycles. The van der Waals surface area contributed by atoms with Gasteiger partial charge < -0.3 is 0 Å². The molecule has 1 aliphatic heterocycles. The van der Waals surface area contributed by atoms with Gasteiger partial charge in [-0.3, -0.25) is 4.90 Å². The molecule has 3 rings (SSSR count). The van der Waals surface area contributed by atoms with Crippen LogP contribution < -0.4 is 0 Å². The molecule has 1 heterocycles. The molecule has 0 saturated carbocycles. The Balaban J connectivity index is 1.67. The fourth-order valence-corrected chi connectivity index (χ4v) is 4.74. The molecule has 0 unspecified atom stereocenters. The zero-order valence-corrected chi connectivity index (χ0v) is 16.1. The minimum atomic E-state index is -4.40. The van der Waals surface area contributed by atoms with Gasteiger partial charge in [0.05, 0.1) is 5.56 Å². The van der Waals surface area contributed by atoms with Crippen LogP contribution in [-0.4, -0.2) is 43.8 Å². The van der Waals surface area contributed by atoms with Crippen LogP contribution in [0.1, 0.15) is 17.5 Å². The van der Waals surface area contributed by atoms with Crippen molar-refractivity contribution in [3.63, 3.8) is 0 Å². The van der Waals surface area contributed by atoms with Crippen LogP contribution in [-0.2, 0) is 22.7 Å². The lowest BCUT2D eigenvalue weighted by molar-refractivity contribution is -0.137. The molecule has 0 atom stereocenters. The van der Waals surface area contributed by atoms with Crippen LogP contribution in [0, 0.1) is 11.6 Å². The van der Waals surface area contributed by atoms with Gasteiger partial charge in [-0.25, -0.2) is 17.2 Å². The quantitative estimate of drug-likeness (QED) is 0.686. The van der Waals surface area contributed by atoms with Crippen molar-refractivity contribution in [1.82, 2.24) is 9.21 Å². The maximum atomic E-state index is 13.9. The number of halogens is 5. The van der Waals surface area contributed by atoms with Crippen LogP contribution in [0.3, 0.4) is 0 Å². The normalized spacial score (nSPS) is 17.3. The van der Waals surface area contributed by atoms with Gasteiger partial charge in [-0.1, -0.05) is 12.1 Å². The van der Waals surface area contributed by atoms with Crippen LogP contribution >= 0.6 is 0 Å². The first-order valence-electron chi connectivity index (χ1n) is 8.91. The van der Waals surface area contributed by atoms with E-state index in [1.807, 2.05) is 4.90 Å². The van der Waals surface area contributed by atoms with Gasteiger partial charge in [-0.2, -0.15) is 17.5 Å². The number of hydrogen-bond donors (Lipinski definition) is 0. The Labute approximate surface area is 165 Å². The molecule has 0 amide bonds. The average molecular weight is 434 g/mol. The van der Waals surface area contributed by atoms with Gasteiger partial charge in [0.1, 0.15) is 16.5 Å². The Morgan fingerprint density at radius 2 is 1.59 bits per heavy atom. The molecule has 1 saturated heterocycles. The number of sulfonamides is 1. The molecule has 0 N–H and O–H groups in total. The highest BCUT2D eigenvalue weighted by Gasteiger charge is 2.31.